The van der Waals surface area contributed by atoms with Crippen molar-refractivity contribution >= 4 is 5.91 Å². The second-order valence-corrected chi connectivity index (χ2v) is 7.07. The van der Waals surface area contributed by atoms with Gasteiger partial charge in [0.25, 0.3) is 5.91 Å². The fourth-order valence-electron chi connectivity index (χ4n) is 3.04. The van der Waals surface area contributed by atoms with Gasteiger partial charge >= 0.3 is 0 Å². The predicted molar refractivity (Wildman–Crippen MR) is 105 cm³/mol. The summed E-state index contributed by atoms with van der Waals surface area (Å²) >= 11 is 0. The maximum Gasteiger partial charge on any atom is 0.274 e. The third-order valence-electron chi connectivity index (χ3n) is 4.58. The van der Waals surface area contributed by atoms with E-state index >= 15 is 0 Å². The fraction of sp³-hybridized carbons (Fsp3) is 0.227. The number of hydrogen-bond donors (Lipinski definition) is 0. The van der Waals surface area contributed by atoms with E-state index in [0.29, 0.717) is 11.3 Å². The highest BCUT2D eigenvalue weighted by Crippen LogP contribution is 2.28. The zero-order chi connectivity index (χ0) is 21.1. The molecular formula is C22H20F2N4O. The van der Waals surface area contributed by atoms with Crippen LogP contribution in [0.15, 0.2) is 48.9 Å². The average Bonchev–Trinajstić information content (AvgIpc) is 3.13. The number of imidazole rings is 1. The monoisotopic (exact) mass is 394 g/mol. The summed E-state index contributed by atoms with van der Waals surface area (Å²) in [6.45, 7) is 3.98. The van der Waals surface area contributed by atoms with Gasteiger partial charge < -0.3 is 9.47 Å². The number of aromatic nitrogens is 2. The highest BCUT2D eigenvalue weighted by molar-refractivity contribution is 5.92. The molecule has 0 atom stereocenters. The Morgan fingerprint density at radius 3 is 2.52 bits per heavy atom. The fourth-order valence-corrected chi connectivity index (χ4v) is 3.04. The Hall–Kier alpha value is -3.53. The second kappa shape index (κ2) is 8.23. The molecule has 0 aliphatic heterocycles. The van der Waals surface area contributed by atoms with Gasteiger partial charge in [0.15, 0.2) is 0 Å². The summed E-state index contributed by atoms with van der Waals surface area (Å²) in [6, 6.07) is 9.99. The maximum absolute atomic E-state index is 14.4. The van der Waals surface area contributed by atoms with Crippen molar-refractivity contribution in [2.45, 2.75) is 26.4 Å². The standard InChI is InChI=1S/C22H20F2N4O/c1-14(2)28(22(29)21-12-27(3)13-26-21)11-16-5-7-19(23)18(8-16)17-6-4-15(10-25)9-20(17)24/h4-9,12-14H,11H2,1-3H3. The first kappa shape index (κ1) is 20.2. The van der Waals surface area contributed by atoms with E-state index in [1.54, 1.807) is 35.1 Å². The third-order valence-corrected chi connectivity index (χ3v) is 4.58. The summed E-state index contributed by atoms with van der Waals surface area (Å²) in [5, 5.41) is 8.89. The van der Waals surface area contributed by atoms with Crippen LogP contribution in [0.3, 0.4) is 0 Å². The van der Waals surface area contributed by atoms with E-state index in [1.165, 1.54) is 24.3 Å². The van der Waals surface area contributed by atoms with Gasteiger partial charge in [0, 0.05) is 37.0 Å². The Kier molecular flexibility index (Phi) is 5.74. The van der Waals surface area contributed by atoms with Crippen LogP contribution < -0.4 is 0 Å². The number of carbonyl (C=O) groups excluding carboxylic acids is 1. The maximum atomic E-state index is 14.4. The molecule has 0 spiro atoms. The van der Waals surface area contributed by atoms with Crippen molar-refractivity contribution in [3.63, 3.8) is 0 Å². The summed E-state index contributed by atoms with van der Waals surface area (Å²) in [7, 11) is 1.78. The molecule has 0 saturated heterocycles. The van der Waals surface area contributed by atoms with Gasteiger partial charge in [0.05, 0.1) is 18.0 Å². The highest BCUT2D eigenvalue weighted by Gasteiger charge is 2.22. The summed E-state index contributed by atoms with van der Waals surface area (Å²) in [5.41, 5.74) is 1.29. The molecule has 2 aromatic carbocycles. The SMILES string of the molecule is CC(C)N(Cc1ccc(F)c(-c2ccc(C#N)cc2F)c1)C(=O)c1cn(C)cn1. The molecule has 3 aromatic rings. The lowest BCUT2D eigenvalue weighted by Gasteiger charge is -2.26. The molecule has 0 unspecified atom stereocenters. The van der Waals surface area contributed by atoms with Crippen molar-refractivity contribution in [2.75, 3.05) is 0 Å². The zero-order valence-corrected chi connectivity index (χ0v) is 16.4. The number of halogens is 2. The Balaban J connectivity index is 1.94. The summed E-state index contributed by atoms with van der Waals surface area (Å²) in [5.74, 6) is -1.49. The van der Waals surface area contributed by atoms with Crippen molar-refractivity contribution in [3.8, 4) is 17.2 Å². The Morgan fingerprint density at radius 2 is 1.93 bits per heavy atom. The van der Waals surface area contributed by atoms with E-state index in [-0.39, 0.29) is 35.2 Å². The molecule has 0 fully saturated rings. The van der Waals surface area contributed by atoms with Gasteiger partial charge in [-0.25, -0.2) is 13.8 Å². The molecule has 3 rings (SSSR count). The first-order valence-corrected chi connectivity index (χ1v) is 9.07. The van der Waals surface area contributed by atoms with Gasteiger partial charge in [-0.3, -0.25) is 4.79 Å². The van der Waals surface area contributed by atoms with Crippen LogP contribution in [-0.2, 0) is 13.6 Å². The van der Waals surface area contributed by atoms with Crippen molar-refractivity contribution < 1.29 is 13.6 Å². The van der Waals surface area contributed by atoms with Gasteiger partial charge in [-0.2, -0.15) is 5.26 Å². The van der Waals surface area contributed by atoms with Gasteiger partial charge in [0.2, 0.25) is 0 Å². The predicted octanol–water partition coefficient (Wildman–Crippen LogP) is 4.29. The van der Waals surface area contributed by atoms with Crippen LogP contribution in [0.2, 0.25) is 0 Å². The number of nitriles is 1. The summed E-state index contributed by atoms with van der Waals surface area (Å²) in [4.78, 5) is 18.6. The highest BCUT2D eigenvalue weighted by atomic mass is 19.1. The molecule has 1 amide bonds. The Morgan fingerprint density at radius 1 is 1.17 bits per heavy atom. The lowest BCUT2D eigenvalue weighted by molar-refractivity contribution is 0.0684. The third kappa shape index (κ3) is 4.32. The van der Waals surface area contributed by atoms with Crippen LogP contribution in [0.25, 0.3) is 11.1 Å². The Labute approximate surface area is 167 Å². The smallest absolute Gasteiger partial charge is 0.274 e. The molecule has 0 aliphatic rings. The molecule has 0 saturated carbocycles. The van der Waals surface area contributed by atoms with E-state index < -0.39 is 11.6 Å². The second-order valence-electron chi connectivity index (χ2n) is 7.07. The van der Waals surface area contributed by atoms with E-state index in [1.807, 2.05) is 19.9 Å². The van der Waals surface area contributed by atoms with Gasteiger partial charge in [0.1, 0.15) is 17.3 Å². The molecule has 0 N–H and O–H groups in total. The lowest BCUT2D eigenvalue weighted by Crippen LogP contribution is -2.36. The van der Waals surface area contributed by atoms with Crippen LogP contribution >= 0.6 is 0 Å². The van der Waals surface area contributed by atoms with E-state index in [4.69, 9.17) is 5.26 Å². The molecule has 5 nitrogen and oxygen atoms in total. The summed E-state index contributed by atoms with van der Waals surface area (Å²) in [6.07, 6.45) is 3.19. The minimum Gasteiger partial charge on any atom is -0.340 e. The summed E-state index contributed by atoms with van der Waals surface area (Å²) < 4.78 is 30.5. The topological polar surface area (TPSA) is 61.9 Å². The van der Waals surface area contributed by atoms with E-state index in [0.717, 1.165) is 6.07 Å². The van der Waals surface area contributed by atoms with E-state index in [2.05, 4.69) is 4.98 Å². The molecular weight excluding hydrogens is 374 g/mol. The number of rotatable bonds is 5. The molecule has 0 aliphatic carbocycles. The average molecular weight is 394 g/mol. The molecule has 0 bridgehead atoms. The first-order chi connectivity index (χ1) is 13.8. The van der Waals surface area contributed by atoms with E-state index in [9.17, 15) is 13.6 Å². The van der Waals surface area contributed by atoms with Crippen LogP contribution in [0.1, 0.15) is 35.5 Å². The molecule has 0 radical (unpaired) electrons. The molecule has 1 aromatic heterocycles. The number of benzene rings is 2. The number of nitrogens with zero attached hydrogens (tertiary/aromatic N) is 4. The van der Waals surface area contributed by atoms with Crippen LogP contribution in [0, 0.1) is 23.0 Å². The van der Waals surface area contributed by atoms with Crippen molar-refractivity contribution in [1.29, 1.82) is 5.26 Å². The number of amides is 1. The largest absolute Gasteiger partial charge is 0.340 e. The molecule has 7 heteroatoms. The van der Waals surface area contributed by atoms with Crippen LogP contribution in [-0.4, -0.2) is 26.4 Å². The van der Waals surface area contributed by atoms with Crippen molar-refractivity contribution in [3.05, 3.63) is 77.4 Å². The number of hydrogen-bond acceptors (Lipinski definition) is 3. The normalized spacial score (nSPS) is 10.8. The zero-order valence-electron chi connectivity index (χ0n) is 16.4. The molecule has 1 heterocycles. The molecule has 148 valence electrons. The number of carbonyl (C=O) groups is 1. The van der Waals surface area contributed by atoms with Gasteiger partial charge in [-0.15, -0.1) is 0 Å². The minimum atomic E-state index is -0.676. The van der Waals surface area contributed by atoms with Crippen LogP contribution in [0.5, 0.6) is 0 Å². The van der Waals surface area contributed by atoms with Gasteiger partial charge in [-0.1, -0.05) is 12.1 Å². The first-order valence-electron chi connectivity index (χ1n) is 9.07. The minimum absolute atomic E-state index is 0.0653. The van der Waals surface area contributed by atoms with Crippen molar-refractivity contribution in [2.24, 2.45) is 7.05 Å². The van der Waals surface area contributed by atoms with Gasteiger partial charge in [-0.05, 0) is 43.7 Å². The lowest BCUT2D eigenvalue weighted by atomic mass is 10.00. The van der Waals surface area contributed by atoms with Crippen molar-refractivity contribution in [1.82, 2.24) is 14.5 Å². The number of aryl methyl sites for hydroxylation is 1. The van der Waals surface area contributed by atoms with Crippen LogP contribution in [0.4, 0.5) is 8.78 Å². The quantitative estimate of drug-likeness (QED) is 0.649. The Bertz CT molecular complexity index is 1100. The molecule has 29 heavy (non-hydrogen) atoms.